The van der Waals surface area contributed by atoms with E-state index in [0.29, 0.717) is 11.6 Å². The van der Waals surface area contributed by atoms with Crippen LogP contribution in [0.2, 0.25) is 0 Å². The van der Waals surface area contributed by atoms with Gasteiger partial charge in [0.25, 0.3) is 0 Å². The zero-order chi connectivity index (χ0) is 20.7. The first-order chi connectivity index (χ1) is 13.3. The minimum absolute atomic E-state index is 0.0901. The van der Waals surface area contributed by atoms with Crippen molar-refractivity contribution >= 4 is 22.0 Å². The molecule has 146 valence electrons. The molecule has 0 saturated carbocycles. The van der Waals surface area contributed by atoms with Crippen molar-refractivity contribution in [2.45, 2.75) is 17.9 Å². The van der Waals surface area contributed by atoms with Crippen molar-refractivity contribution < 1.29 is 22.0 Å². The van der Waals surface area contributed by atoms with Crippen molar-refractivity contribution in [3.8, 4) is 6.07 Å². The summed E-state index contributed by atoms with van der Waals surface area (Å²) in [6, 6.07) is 8.97. The molecular weight excluding hydrogens is 388 g/mol. The molecule has 2 N–H and O–H groups in total. The molecule has 2 aromatic rings. The number of sulfonamides is 1. The molecule has 1 unspecified atom stereocenters. The topological polar surface area (TPSA) is 99.1 Å². The van der Waals surface area contributed by atoms with Gasteiger partial charge in [0.15, 0.2) is 0 Å². The van der Waals surface area contributed by atoms with Crippen LogP contribution in [0.15, 0.2) is 53.4 Å². The van der Waals surface area contributed by atoms with E-state index >= 15 is 0 Å². The van der Waals surface area contributed by atoms with Gasteiger partial charge in [0.2, 0.25) is 15.9 Å². The summed E-state index contributed by atoms with van der Waals surface area (Å²) < 4.78 is 52.8. The van der Waals surface area contributed by atoms with Crippen LogP contribution in [0.25, 0.3) is 6.08 Å². The van der Waals surface area contributed by atoms with E-state index in [1.165, 1.54) is 30.3 Å². The van der Waals surface area contributed by atoms with E-state index in [9.17, 15) is 22.0 Å². The molecule has 28 heavy (non-hydrogen) atoms. The Balaban J connectivity index is 2.07. The van der Waals surface area contributed by atoms with Crippen molar-refractivity contribution in [2.24, 2.45) is 0 Å². The normalized spacial score (nSPS) is 12.5. The van der Waals surface area contributed by atoms with Crippen LogP contribution in [0, 0.1) is 23.0 Å². The average molecular weight is 405 g/mol. The Kier molecular flexibility index (Phi) is 6.98. The molecule has 0 saturated heterocycles. The maximum Gasteiger partial charge on any atom is 0.245 e. The van der Waals surface area contributed by atoms with Crippen molar-refractivity contribution in [2.75, 3.05) is 6.54 Å². The molecular formula is C19H17F2N3O3S. The highest BCUT2D eigenvalue weighted by molar-refractivity contribution is 7.89. The number of hydrogen-bond donors (Lipinski definition) is 2. The van der Waals surface area contributed by atoms with Crippen LogP contribution in [0.4, 0.5) is 8.78 Å². The molecule has 2 aromatic carbocycles. The maximum atomic E-state index is 13.8. The highest BCUT2D eigenvalue weighted by Gasteiger charge is 2.17. The molecule has 1 atom stereocenters. The maximum absolute atomic E-state index is 13.8. The van der Waals surface area contributed by atoms with E-state index in [0.717, 1.165) is 18.2 Å². The number of carbonyl (C=O) groups excluding carboxylic acids is 1. The van der Waals surface area contributed by atoms with Crippen molar-refractivity contribution in [1.29, 1.82) is 5.26 Å². The number of carbonyl (C=O) groups is 1. The number of amides is 1. The van der Waals surface area contributed by atoms with Gasteiger partial charge < -0.3 is 5.32 Å². The summed E-state index contributed by atoms with van der Waals surface area (Å²) in [6.45, 7) is 1.93. The second-order valence-corrected chi connectivity index (χ2v) is 7.41. The van der Waals surface area contributed by atoms with Crippen molar-refractivity contribution in [3.63, 3.8) is 0 Å². The van der Waals surface area contributed by atoms with E-state index in [-0.39, 0.29) is 17.0 Å². The molecule has 0 bridgehead atoms. The lowest BCUT2D eigenvalue weighted by atomic mass is 10.1. The van der Waals surface area contributed by atoms with Gasteiger partial charge >= 0.3 is 0 Å². The summed E-state index contributed by atoms with van der Waals surface area (Å²) in [5.41, 5.74) is 0.399. The summed E-state index contributed by atoms with van der Waals surface area (Å²) in [5, 5.41) is 11.5. The first-order valence-electron chi connectivity index (χ1n) is 8.19. The number of benzene rings is 2. The van der Waals surface area contributed by atoms with Crippen molar-refractivity contribution in [1.82, 2.24) is 10.0 Å². The Hall–Kier alpha value is -3.09. The van der Waals surface area contributed by atoms with E-state index < -0.39 is 33.6 Å². The Morgan fingerprint density at radius 1 is 1.21 bits per heavy atom. The van der Waals surface area contributed by atoms with Gasteiger partial charge in [-0.25, -0.2) is 21.9 Å². The first-order valence-corrected chi connectivity index (χ1v) is 9.68. The molecule has 0 fully saturated rings. The van der Waals surface area contributed by atoms with Gasteiger partial charge in [-0.2, -0.15) is 5.26 Å². The molecule has 0 heterocycles. The fourth-order valence-corrected chi connectivity index (χ4v) is 3.35. The largest absolute Gasteiger partial charge is 0.333 e. The van der Waals surface area contributed by atoms with Crippen LogP contribution in [-0.2, 0) is 14.8 Å². The number of hydrogen-bond acceptors (Lipinski definition) is 4. The highest BCUT2D eigenvalue weighted by Crippen LogP contribution is 2.18. The first kappa shape index (κ1) is 21.2. The van der Waals surface area contributed by atoms with Gasteiger partial charge in [-0.15, -0.1) is 0 Å². The van der Waals surface area contributed by atoms with Crippen LogP contribution >= 0.6 is 0 Å². The molecule has 0 radical (unpaired) electrons. The van der Waals surface area contributed by atoms with Crippen LogP contribution in [0.3, 0.4) is 0 Å². The predicted octanol–water partition coefficient (Wildman–Crippen LogP) is 2.66. The molecule has 0 aliphatic carbocycles. The fourth-order valence-electron chi connectivity index (χ4n) is 2.31. The van der Waals surface area contributed by atoms with Gasteiger partial charge in [0.1, 0.15) is 17.7 Å². The molecule has 0 aromatic heterocycles. The van der Waals surface area contributed by atoms with Crippen LogP contribution in [-0.4, -0.2) is 20.9 Å². The molecule has 2 rings (SSSR count). The molecule has 9 heteroatoms. The monoisotopic (exact) mass is 405 g/mol. The highest BCUT2D eigenvalue weighted by atomic mass is 32.2. The number of nitriles is 1. The van der Waals surface area contributed by atoms with E-state index in [1.807, 2.05) is 0 Å². The van der Waals surface area contributed by atoms with E-state index in [2.05, 4.69) is 10.0 Å². The van der Waals surface area contributed by atoms with E-state index in [4.69, 9.17) is 5.26 Å². The van der Waals surface area contributed by atoms with Gasteiger partial charge in [0, 0.05) is 24.3 Å². The predicted molar refractivity (Wildman–Crippen MR) is 99.2 cm³/mol. The summed E-state index contributed by atoms with van der Waals surface area (Å²) in [4.78, 5) is 12.1. The zero-order valence-corrected chi connectivity index (χ0v) is 15.6. The Labute approximate surface area is 161 Å². The summed E-state index contributed by atoms with van der Waals surface area (Å²) >= 11 is 0. The minimum Gasteiger partial charge on any atom is -0.333 e. The van der Waals surface area contributed by atoms with Crippen LogP contribution < -0.4 is 10.0 Å². The lowest BCUT2D eigenvalue weighted by molar-refractivity contribution is -0.116. The fraction of sp³-hybridized carbons (Fsp3) is 0.158. The van der Waals surface area contributed by atoms with Gasteiger partial charge in [-0.3, -0.25) is 4.79 Å². The summed E-state index contributed by atoms with van der Waals surface area (Å²) in [5.74, 6) is -2.39. The third kappa shape index (κ3) is 5.45. The molecule has 0 spiro atoms. The SMILES string of the molecule is CCNS(=O)(=O)c1ccc(/C=C/C(=O)NC(C#N)c2ccc(F)cc2F)cc1. The van der Waals surface area contributed by atoms with Crippen LogP contribution in [0.1, 0.15) is 24.1 Å². The standard InChI is InChI=1S/C19H17F2N3O3S/c1-2-23-28(26,27)15-7-3-13(4-8-15)5-10-19(25)24-18(12-22)16-9-6-14(20)11-17(16)21/h3-11,18,23H,2H2,1H3,(H,24,25)/b10-5+. The number of nitrogens with zero attached hydrogens (tertiary/aromatic N) is 1. The third-order valence-corrected chi connectivity index (χ3v) is 5.20. The molecule has 1 amide bonds. The summed E-state index contributed by atoms with van der Waals surface area (Å²) in [7, 11) is -3.57. The number of nitrogens with one attached hydrogen (secondary N) is 2. The molecule has 0 aliphatic rings. The number of rotatable bonds is 7. The second-order valence-electron chi connectivity index (χ2n) is 5.64. The lowest BCUT2D eigenvalue weighted by Gasteiger charge is -2.11. The van der Waals surface area contributed by atoms with Crippen LogP contribution in [0.5, 0.6) is 0 Å². The third-order valence-electron chi connectivity index (χ3n) is 3.64. The second kappa shape index (κ2) is 9.21. The lowest BCUT2D eigenvalue weighted by Crippen LogP contribution is -2.26. The smallest absolute Gasteiger partial charge is 0.245 e. The Bertz CT molecular complexity index is 1030. The number of halogens is 2. The van der Waals surface area contributed by atoms with Crippen molar-refractivity contribution in [3.05, 3.63) is 71.3 Å². The minimum atomic E-state index is -3.57. The van der Waals surface area contributed by atoms with E-state index in [1.54, 1.807) is 13.0 Å². The van der Waals surface area contributed by atoms with Gasteiger partial charge in [-0.1, -0.05) is 25.1 Å². The molecule has 0 aliphatic heterocycles. The van der Waals surface area contributed by atoms with Gasteiger partial charge in [0.05, 0.1) is 11.0 Å². The average Bonchev–Trinajstić information content (AvgIpc) is 2.65. The molecule has 6 nitrogen and oxygen atoms in total. The zero-order valence-electron chi connectivity index (χ0n) is 14.8. The Morgan fingerprint density at radius 3 is 2.46 bits per heavy atom. The summed E-state index contributed by atoms with van der Waals surface area (Å²) in [6.07, 6.45) is 2.54. The van der Waals surface area contributed by atoms with Gasteiger partial charge in [-0.05, 0) is 29.8 Å². The Morgan fingerprint density at radius 2 is 1.89 bits per heavy atom. The quantitative estimate of drug-likeness (QED) is 0.692.